The summed E-state index contributed by atoms with van der Waals surface area (Å²) in [4.78, 5) is 0. The Morgan fingerprint density at radius 2 is 1.89 bits per heavy atom. The molecule has 0 bridgehead atoms. The molecule has 1 rings (SSSR count). The van der Waals surface area contributed by atoms with Gasteiger partial charge >= 0.3 is 0 Å². The number of benzene rings is 1. The van der Waals surface area contributed by atoms with Crippen molar-refractivity contribution in [2.75, 3.05) is 6.54 Å². The molecule has 0 amide bonds. The Hall–Kier alpha value is -0.540. The van der Waals surface area contributed by atoms with E-state index in [1.54, 1.807) is 0 Å². The predicted molar refractivity (Wildman–Crippen MR) is 85.9 cm³/mol. The molecule has 0 heterocycles. The van der Waals surface area contributed by atoms with Crippen LogP contribution in [-0.4, -0.2) is 12.6 Å². The zero-order chi connectivity index (χ0) is 14.3. The summed E-state index contributed by atoms with van der Waals surface area (Å²) in [5, 5.41) is 3.45. The fourth-order valence-corrected chi connectivity index (χ4v) is 2.74. The first-order chi connectivity index (χ1) is 9.12. The highest BCUT2D eigenvalue weighted by Crippen LogP contribution is 2.29. The number of hydrogen-bond acceptors (Lipinski definition) is 2. The summed E-state index contributed by atoms with van der Waals surface area (Å²) < 4.78 is 7.32. The maximum atomic E-state index is 6.20. The molecule has 0 radical (unpaired) electrons. The van der Waals surface area contributed by atoms with Crippen molar-refractivity contribution in [3.8, 4) is 5.75 Å². The number of aryl methyl sites for hydroxylation is 1. The predicted octanol–water partition coefficient (Wildman–Crippen LogP) is 4.82. The smallest absolute Gasteiger partial charge is 0.127 e. The lowest BCUT2D eigenvalue weighted by Gasteiger charge is -2.21. The topological polar surface area (TPSA) is 21.3 Å². The summed E-state index contributed by atoms with van der Waals surface area (Å²) in [6, 6.07) is 4.29. The highest BCUT2D eigenvalue weighted by Gasteiger charge is 2.13. The maximum Gasteiger partial charge on any atom is 0.127 e. The minimum absolute atomic E-state index is 0.310. The van der Waals surface area contributed by atoms with Gasteiger partial charge in [-0.3, -0.25) is 0 Å². The number of halogens is 1. The summed E-state index contributed by atoms with van der Waals surface area (Å²) in [6.07, 6.45) is 3.56. The number of ether oxygens (including phenoxy) is 1. The van der Waals surface area contributed by atoms with Gasteiger partial charge in [-0.1, -0.05) is 36.7 Å². The molecule has 0 aromatic heterocycles. The van der Waals surface area contributed by atoms with E-state index in [-0.39, 0.29) is 0 Å². The fraction of sp³-hybridized carbons (Fsp3) is 0.625. The van der Waals surface area contributed by atoms with Crippen molar-refractivity contribution in [3.05, 3.63) is 27.7 Å². The standard InChI is InChI=1S/C16H26BrNO/c1-5-8-18-11-13-10-14(17)9-12(4)16(13)19-15(6-2)7-3/h9-10,15,18H,5-8,11H2,1-4H3. The SMILES string of the molecule is CCCNCc1cc(Br)cc(C)c1OC(CC)CC. The third-order valence-corrected chi connectivity index (χ3v) is 3.71. The van der Waals surface area contributed by atoms with E-state index in [0.29, 0.717) is 6.10 Å². The van der Waals surface area contributed by atoms with Gasteiger partial charge in [0.25, 0.3) is 0 Å². The van der Waals surface area contributed by atoms with Crippen LogP contribution in [0.3, 0.4) is 0 Å². The summed E-state index contributed by atoms with van der Waals surface area (Å²) in [7, 11) is 0. The van der Waals surface area contributed by atoms with Crippen molar-refractivity contribution >= 4 is 15.9 Å². The minimum atomic E-state index is 0.310. The van der Waals surface area contributed by atoms with E-state index in [1.807, 2.05) is 0 Å². The first kappa shape index (κ1) is 16.5. The second-order valence-corrected chi connectivity index (χ2v) is 5.86. The molecule has 0 saturated heterocycles. The Labute approximate surface area is 126 Å². The number of rotatable bonds is 8. The molecule has 1 N–H and O–H groups in total. The first-order valence-electron chi connectivity index (χ1n) is 7.28. The second kappa shape index (κ2) is 8.60. The Morgan fingerprint density at radius 3 is 2.47 bits per heavy atom. The van der Waals surface area contributed by atoms with E-state index in [2.05, 4.69) is 61.1 Å². The van der Waals surface area contributed by atoms with Gasteiger partial charge in [-0.05, 0) is 50.4 Å². The quantitative estimate of drug-likeness (QED) is 0.691. The van der Waals surface area contributed by atoms with Crippen LogP contribution >= 0.6 is 15.9 Å². The van der Waals surface area contributed by atoms with E-state index >= 15 is 0 Å². The van der Waals surface area contributed by atoms with Crippen LogP contribution in [0.15, 0.2) is 16.6 Å². The van der Waals surface area contributed by atoms with Gasteiger partial charge in [-0.15, -0.1) is 0 Å². The zero-order valence-electron chi connectivity index (χ0n) is 12.6. The van der Waals surface area contributed by atoms with Gasteiger partial charge in [0.05, 0.1) is 6.10 Å². The summed E-state index contributed by atoms with van der Waals surface area (Å²) in [5.41, 5.74) is 2.45. The third kappa shape index (κ3) is 5.15. The molecule has 2 nitrogen and oxygen atoms in total. The molecule has 0 unspecified atom stereocenters. The van der Waals surface area contributed by atoms with Crippen LogP contribution in [-0.2, 0) is 6.54 Å². The molecular weight excluding hydrogens is 302 g/mol. The van der Waals surface area contributed by atoms with Crippen molar-refractivity contribution in [1.29, 1.82) is 0 Å². The monoisotopic (exact) mass is 327 g/mol. The van der Waals surface area contributed by atoms with Crippen molar-refractivity contribution in [2.45, 2.75) is 59.6 Å². The van der Waals surface area contributed by atoms with Crippen molar-refractivity contribution < 1.29 is 4.74 Å². The van der Waals surface area contributed by atoms with Gasteiger partial charge in [-0.2, -0.15) is 0 Å². The molecule has 108 valence electrons. The highest BCUT2D eigenvalue weighted by molar-refractivity contribution is 9.10. The molecule has 0 spiro atoms. The van der Waals surface area contributed by atoms with E-state index < -0.39 is 0 Å². The van der Waals surface area contributed by atoms with E-state index in [1.165, 1.54) is 11.1 Å². The Bertz CT molecular complexity index is 389. The molecule has 0 saturated carbocycles. The van der Waals surface area contributed by atoms with Gasteiger partial charge < -0.3 is 10.1 Å². The van der Waals surface area contributed by atoms with Crippen molar-refractivity contribution in [3.63, 3.8) is 0 Å². The largest absolute Gasteiger partial charge is 0.490 e. The average Bonchev–Trinajstić information content (AvgIpc) is 2.38. The summed E-state index contributed by atoms with van der Waals surface area (Å²) >= 11 is 3.57. The van der Waals surface area contributed by atoms with E-state index in [0.717, 1.165) is 42.6 Å². The molecule has 0 atom stereocenters. The lowest BCUT2D eigenvalue weighted by atomic mass is 10.1. The zero-order valence-corrected chi connectivity index (χ0v) is 14.1. The molecule has 0 aliphatic carbocycles. The van der Waals surface area contributed by atoms with Gasteiger partial charge in [-0.25, -0.2) is 0 Å². The second-order valence-electron chi connectivity index (χ2n) is 4.94. The van der Waals surface area contributed by atoms with Crippen LogP contribution in [0.2, 0.25) is 0 Å². The van der Waals surface area contributed by atoms with Crippen molar-refractivity contribution in [1.82, 2.24) is 5.32 Å². The minimum Gasteiger partial charge on any atom is -0.490 e. The lowest BCUT2D eigenvalue weighted by molar-refractivity contribution is 0.189. The van der Waals surface area contributed by atoms with Gasteiger partial charge in [0.15, 0.2) is 0 Å². The molecule has 1 aromatic rings. The lowest BCUT2D eigenvalue weighted by Crippen LogP contribution is -2.19. The Balaban J connectivity index is 2.91. The first-order valence-corrected chi connectivity index (χ1v) is 8.07. The Morgan fingerprint density at radius 1 is 1.21 bits per heavy atom. The molecule has 19 heavy (non-hydrogen) atoms. The normalized spacial score (nSPS) is 11.1. The molecule has 1 aromatic carbocycles. The molecule has 3 heteroatoms. The molecule has 0 aliphatic rings. The van der Waals surface area contributed by atoms with Crippen molar-refractivity contribution in [2.24, 2.45) is 0 Å². The fourth-order valence-electron chi connectivity index (χ4n) is 2.12. The van der Waals surface area contributed by atoms with Crippen LogP contribution in [0.25, 0.3) is 0 Å². The molecule has 0 aliphatic heterocycles. The van der Waals surface area contributed by atoms with Crippen LogP contribution in [0.4, 0.5) is 0 Å². The van der Waals surface area contributed by atoms with E-state index in [4.69, 9.17) is 4.74 Å². The average molecular weight is 328 g/mol. The molecule has 0 fully saturated rings. The maximum absolute atomic E-state index is 6.20. The summed E-state index contributed by atoms with van der Waals surface area (Å²) in [5.74, 6) is 1.06. The molecular formula is C16H26BrNO. The van der Waals surface area contributed by atoms with Crippen LogP contribution < -0.4 is 10.1 Å². The van der Waals surface area contributed by atoms with Crippen LogP contribution in [0, 0.1) is 6.92 Å². The third-order valence-electron chi connectivity index (χ3n) is 3.25. The number of hydrogen-bond donors (Lipinski definition) is 1. The highest BCUT2D eigenvalue weighted by atomic mass is 79.9. The Kier molecular flexibility index (Phi) is 7.47. The summed E-state index contributed by atoms with van der Waals surface area (Å²) in [6.45, 7) is 10.6. The van der Waals surface area contributed by atoms with Gasteiger partial charge in [0, 0.05) is 16.6 Å². The van der Waals surface area contributed by atoms with Gasteiger partial charge in [0.1, 0.15) is 5.75 Å². The van der Waals surface area contributed by atoms with E-state index in [9.17, 15) is 0 Å². The number of nitrogens with one attached hydrogen (secondary N) is 1. The van der Waals surface area contributed by atoms with Crippen LogP contribution in [0.5, 0.6) is 5.75 Å². The van der Waals surface area contributed by atoms with Crippen LogP contribution in [0.1, 0.15) is 51.2 Å². The van der Waals surface area contributed by atoms with Gasteiger partial charge in [0.2, 0.25) is 0 Å².